The van der Waals surface area contributed by atoms with Crippen molar-refractivity contribution in [2.75, 3.05) is 4.72 Å². The summed E-state index contributed by atoms with van der Waals surface area (Å²) in [6.45, 7) is 4.71. The Balaban J connectivity index is 1.71. The van der Waals surface area contributed by atoms with Crippen LogP contribution < -0.4 is 18.9 Å². The number of sulfonamides is 1. The number of esters is 1. The van der Waals surface area contributed by atoms with E-state index in [4.69, 9.17) is 18.9 Å². The molecule has 1 N–H and O–H groups in total. The van der Waals surface area contributed by atoms with Gasteiger partial charge in [-0.25, -0.2) is 4.79 Å². The van der Waals surface area contributed by atoms with Gasteiger partial charge in [0.15, 0.2) is 0 Å². The number of ether oxygens (including phenoxy) is 4. The van der Waals surface area contributed by atoms with Gasteiger partial charge in [0.25, 0.3) is 0 Å². The highest BCUT2D eigenvalue weighted by Crippen LogP contribution is 2.40. The molecule has 0 unspecified atom stereocenters. The third-order valence-electron chi connectivity index (χ3n) is 7.44. The number of carbonyl (C=O) groups is 2. The molecule has 0 aliphatic carbocycles. The molecule has 13 heteroatoms. The summed E-state index contributed by atoms with van der Waals surface area (Å²) in [4.78, 5) is 28.4. The van der Waals surface area contributed by atoms with E-state index in [2.05, 4.69) is 0 Å². The van der Waals surface area contributed by atoms with Crippen molar-refractivity contribution in [3.05, 3.63) is 155 Å². The number of rotatable bonds is 14. The van der Waals surface area contributed by atoms with Crippen LogP contribution in [-0.4, -0.2) is 31.3 Å². The van der Waals surface area contributed by atoms with Crippen molar-refractivity contribution in [1.82, 2.24) is 0 Å². The van der Waals surface area contributed by atoms with Crippen molar-refractivity contribution >= 4 is 27.5 Å². The first-order valence-electron chi connectivity index (χ1n) is 16.3. The summed E-state index contributed by atoms with van der Waals surface area (Å²) in [5.41, 5.74) is -6.21. The quantitative estimate of drug-likeness (QED) is 0.0885. The minimum absolute atomic E-state index is 0.0470. The topological polar surface area (TPSA) is 117 Å². The zero-order chi connectivity index (χ0) is 38.2. The van der Waals surface area contributed by atoms with Crippen LogP contribution in [0.4, 0.5) is 18.9 Å². The van der Waals surface area contributed by atoms with Gasteiger partial charge in [-0.05, 0) is 61.7 Å². The second-order valence-corrected chi connectivity index (χ2v) is 14.4. The Morgan fingerprint density at radius 3 is 1.45 bits per heavy atom. The van der Waals surface area contributed by atoms with Crippen LogP contribution in [0.3, 0.4) is 0 Å². The number of anilines is 1. The first kappa shape index (κ1) is 38.4. The molecule has 0 saturated heterocycles. The number of hydrogen-bond acceptors (Lipinski definition) is 8. The summed E-state index contributed by atoms with van der Waals surface area (Å²) < 4.78 is 91.3. The molecule has 0 atom stereocenters. The van der Waals surface area contributed by atoms with Crippen LogP contribution in [0.5, 0.6) is 17.2 Å². The Hall–Kier alpha value is -5.82. The summed E-state index contributed by atoms with van der Waals surface area (Å²) >= 11 is 0. The molecule has 0 aromatic heterocycles. The summed E-state index contributed by atoms with van der Waals surface area (Å²) in [5, 5.41) is 0. The molecule has 0 heterocycles. The molecule has 9 nitrogen and oxygen atoms in total. The highest BCUT2D eigenvalue weighted by Gasteiger charge is 2.46. The van der Waals surface area contributed by atoms with Crippen LogP contribution in [0, 0.1) is 0 Å². The van der Waals surface area contributed by atoms with Crippen LogP contribution in [0.1, 0.15) is 63.7 Å². The van der Waals surface area contributed by atoms with Gasteiger partial charge in [0.05, 0.1) is 16.8 Å². The molecule has 0 spiro atoms. The average Bonchev–Trinajstić information content (AvgIpc) is 3.11. The predicted molar refractivity (Wildman–Crippen MR) is 192 cm³/mol. The number of benzene rings is 5. The molecular formula is C40H36F3NO8S. The summed E-state index contributed by atoms with van der Waals surface area (Å²) in [5.74, 6) is -2.40. The average molecular weight is 748 g/mol. The number of nitrogens with one attached hydrogen (secondary N) is 1. The van der Waals surface area contributed by atoms with Gasteiger partial charge in [-0.15, -0.1) is 0 Å². The van der Waals surface area contributed by atoms with E-state index in [0.29, 0.717) is 16.7 Å². The molecule has 5 aromatic rings. The highest BCUT2D eigenvalue weighted by molar-refractivity contribution is 7.93. The van der Waals surface area contributed by atoms with E-state index < -0.39 is 44.1 Å². The van der Waals surface area contributed by atoms with E-state index in [1.165, 1.54) is 29.0 Å². The van der Waals surface area contributed by atoms with Gasteiger partial charge in [0, 0.05) is 0 Å². The molecule has 0 fully saturated rings. The van der Waals surface area contributed by atoms with Gasteiger partial charge >= 0.3 is 21.5 Å². The lowest BCUT2D eigenvalue weighted by Crippen LogP contribution is -2.30. The molecule has 53 heavy (non-hydrogen) atoms. The van der Waals surface area contributed by atoms with E-state index in [-0.39, 0.29) is 48.2 Å². The summed E-state index contributed by atoms with van der Waals surface area (Å²) in [6.07, 6.45) is 0. The molecule has 0 aliphatic rings. The first-order valence-corrected chi connectivity index (χ1v) is 17.8. The third kappa shape index (κ3) is 10.2. The van der Waals surface area contributed by atoms with Gasteiger partial charge < -0.3 is 18.9 Å². The third-order valence-corrected chi connectivity index (χ3v) is 8.54. The molecule has 0 aliphatic heterocycles. The van der Waals surface area contributed by atoms with Gasteiger partial charge in [0.1, 0.15) is 48.2 Å². The van der Waals surface area contributed by atoms with Crippen LogP contribution in [0.25, 0.3) is 0 Å². The molecule has 276 valence electrons. The van der Waals surface area contributed by atoms with Crippen molar-refractivity contribution in [1.29, 1.82) is 0 Å². The van der Waals surface area contributed by atoms with E-state index >= 15 is 0 Å². The van der Waals surface area contributed by atoms with Crippen molar-refractivity contribution in [3.63, 3.8) is 0 Å². The van der Waals surface area contributed by atoms with Crippen molar-refractivity contribution < 1.29 is 50.1 Å². The fourth-order valence-corrected chi connectivity index (χ4v) is 5.58. The van der Waals surface area contributed by atoms with Crippen LogP contribution >= 0.6 is 0 Å². The molecule has 0 bridgehead atoms. The van der Waals surface area contributed by atoms with Gasteiger partial charge in [0.2, 0.25) is 5.78 Å². The molecule has 0 amide bonds. The Morgan fingerprint density at radius 2 is 1.04 bits per heavy atom. The van der Waals surface area contributed by atoms with Crippen LogP contribution in [-0.2, 0) is 34.6 Å². The largest absolute Gasteiger partial charge is 0.516 e. The summed E-state index contributed by atoms with van der Waals surface area (Å²) in [7, 11) is -6.00. The lowest BCUT2D eigenvalue weighted by molar-refractivity contribution is -0.0429. The lowest BCUT2D eigenvalue weighted by Gasteiger charge is -2.22. The molecule has 0 saturated carbocycles. The van der Waals surface area contributed by atoms with E-state index in [1.54, 1.807) is 112 Å². The molecule has 5 rings (SSSR count). The molecule has 0 radical (unpaired) electrons. The fraction of sp³-hybridized carbons (Fsp3) is 0.200. The zero-order valence-corrected chi connectivity index (χ0v) is 29.8. The maximum atomic E-state index is 14.9. The maximum Gasteiger partial charge on any atom is 0.516 e. The number of halogens is 3. The standard InChI is InChI=1S/C40H36F3NO8S/c1-39(2,3)52-38(46)30-22-33(50-25-28-16-9-5-10-17-28)36(34(23-30)51-26-29-18-11-6-12-19-29)37(45)35-31(44-53(47,48)40(41,42)43)20-13-21-32(35)49-24-27-14-7-4-8-15-27/h4-23,44H,24-26H2,1-3H3. The normalized spacial score (nSPS) is 11.7. The minimum atomic E-state index is -6.00. The Bertz CT molecular complexity index is 2090. The Morgan fingerprint density at radius 1 is 0.604 bits per heavy atom. The van der Waals surface area contributed by atoms with Gasteiger partial charge in [-0.1, -0.05) is 97.1 Å². The van der Waals surface area contributed by atoms with Crippen molar-refractivity contribution in [2.24, 2.45) is 0 Å². The number of alkyl halides is 3. The number of carbonyl (C=O) groups excluding carboxylic acids is 2. The Kier molecular flexibility index (Phi) is 11.8. The number of hydrogen-bond donors (Lipinski definition) is 1. The van der Waals surface area contributed by atoms with E-state index in [9.17, 15) is 31.2 Å². The van der Waals surface area contributed by atoms with Crippen molar-refractivity contribution in [2.45, 2.75) is 51.7 Å². The van der Waals surface area contributed by atoms with E-state index in [1.807, 2.05) is 0 Å². The monoisotopic (exact) mass is 747 g/mol. The fourth-order valence-electron chi connectivity index (χ4n) is 5.00. The molecular weight excluding hydrogens is 711 g/mol. The molecule has 5 aromatic carbocycles. The zero-order valence-electron chi connectivity index (χ0n) is 29.0. The minimum Gasteiger partial charge on any atom is -0.488 e. The second-order valence-electron chi connectivity index (χ2n) is 12.7. The Labute approximate surface area is 305 Å². The predicted octanol–water partition coefficient (Wildman–Crippen LogP) is 8.87. The van der Waals surface area contributed by atoms with Crippen molar-refractivity contribution in [3.8, 4) is 17.2 Å². The van der Waals surface area contributed by atoms with E-state index in [0.717, 1.165) is 6.07 Å². The van der Waals surface area contributed by atoms with Gasteiger partial charge in [-0.2, -0.15) is 21.6 Å². The number of ketones is 1. The second kappa shape index (κ2) is 16.2. The van der Waals surface area contributed by atoms with Crippen LogP contribution in [0.2, 0.25) is 0 Å². The van der Waals surface area contributed by atoms with Gasteiger partial charge in [-0.3, -0.25) is 9.52 Å². The maximum absolute atomic E-state index is 14.9. The summed E-state index contributed by atoms with van der Waals surface area (Å²) in [6, 6.07) is 32.6. The van der Waals surface area contributed by atoms with Crippen LogP contribution in [0.15, 0.2) is 121 Å². The first-order chi connectivity index (χ1) is 25.1. The smallest absolute Gasteiger partial charge is 0.488 e. The lowest BCUT2D eigenvalue weighted by atomic mass is 9.97. The highest BCUT2D eigenvalue weighted by atomic mass is 32.2. The SMILES string of the molecule is CC(C)(C)OC(=O)c1cc(OCc2ccccc2)c(C(=O)c2c(NS(=O)(=O)C(F)(F)F)cccc2OCc2ccccc2)c(OCc2ccccc2)c1.